The zero-order valence-electron chi connectivity index (χ0n) is 14.1. The summed E-state index contributed by atoms with van der Waals surface area (Å²) in [5, 5.41) is 2.88. The second-order valence-corrected chi connectivity index (χ2v) is 6.10. The van der Waals surface area contributed by atoms with Crippen molar-refractivity contribution >= 4 is 11.6 Å². The second kappa shape index (κ2) is 8.27. The summed E-state index contributed by atoms with van der Waals surface area (Å²) in [6.45, 7) is 0. The van der Waals surface area contributed by atoms with Gasteiger partial charge in [-0.3, -0.25) is 4.79 Å². The molecule has 1 amide bonds. The van der Waals surface area contributed by atoms with Crippen LogP contribution in [0.5, 0.6) is 0 Å². The molecule has 1 aliphatic carbocycles. The third-order valence-corrected chi connectivity index (χ3v) is 3.91. The Morgan fingerprint density at radius 1 is 0.760 bits per heavy atom. The van der Waals surface area contributed by atoms with Gasteiger partial charge in [0.05, 0.1) is 0 Å². The van der Waals surface area contributed by atoms with Gasteiger partial charge in [-0.1, -0.05) is 60.7 Å². The molecule has 1 aliphatic rings. The lowest BCUT2D eigenvalue weighted by molar-refractivity contribution is 0.102. The molecule has 3 aromatic carbocycles. The smallest absolute Gasteiger partial charge is 0.255 e. The van der Waals surface area contributed by atoms with Gasteiger partial charge < -0.3 is 11.1 Å². The van der Waals surface area contributed by atoms with Crippen molar-refractivity contribution in [2.75, 3.05) is 5.32 Å². The highest BCUT2D eigenvalue weighted by molar-refractivity contribution is 6.04. The van der Waals surface area contributed by atoms with Crippen molar-refractivity contribution in [3.63, 3.8) is 0 Å². The standard InChI is InChI=1S/C19H15NO.C3H7N/c21-19(20-18-9-5-2-6-10-18)17-13-11-16(12-14-17)15-7-3-1-4-8-15;4-3-1-2-3/h1-14H,(H,20,21);3H,1-2,4H2. The Kier molecular flexibility index (Phi) is 5.60. The fourth-order valence-electron chi connectivity index (χ4n) is 2.27. The number of nitrogens with one attached hydrogen (secondary N) is 1. The molecule has 0 aliphatic heterocycles. The van der Waals surface area contributed by atoms with Crippen LogP contribution in [-0.2, 0) is 0 Å². The summed E-state index contributed by atoms with van der Waals surface area (Å²) in [4.78, 5) is 12.2. The molecule has 126 valence electrons. The van der Waals surface area contributed by atoms with Crippen LogP contribution in [0.15, 0.2) is 84.9 Å². The Hall–Kier alpha value is -2.91. The van der Waals surface area contributed by atoms with Crippen LogP contribution >= 0.6 is 0 Å². The summed E-state index contributed by atoms with van der Waals surface area (Å²) in [7, 11) is 0. The topological polar surface area (TPSA) is 55.1 Å². The molecule has 0 saturated heterocycles. The molecular formula is C22H22N2O. The molecule has 0 bridgehead atoms. The number of hydrogen-bond donors (Lipinski definition) is 2. The van der Waals surface area contributed by atoms with Crippen molar-refractivity contribution in [1.82, 2.24) is 0 Å². The van der Waals surface area contributed by atoms with E-state index in [2.05, 4.69) is 17.4 Å². The highest BCUT2D eigenvalue weighted by atomic mass is 16.1. The highest BCUT2D eigenvalue weighted by Crippen LogP contribution is 2.19. The van der Waals surface area contributed by atoms with E-state index >= 15 is 0 Å². The van der Waals surface area contributed by atoms with Crippen LogP contribution in [0.4, 0.5) is 5.69 Å². The maximum Gasteiger partial charge on any atom is 0.255 e. The minimum Gasteiger partial charge on any atom is -0.328 e. The molecule has 0 unspecified atom stereocenters. The Morgan fingerprint density at radius 3 is 1.76 bits per heavy atom. The number of carbonyl (C=O) groups excluding carboxylic acids is 1. The van der Waals surface area contributed by atoms with E-state index in [1.165, 1.54) is 12.8 Å². The van der Waals surface area contributed by atoms with E-state index in [1.54, 1.807) is 0 Å². The number of hydrogen-bond acceptors (Lipinski definition) is 2. The summed E-state index contributed by atoms with van der Waals surface area (Å²) < 4.78 is 0. The Labute approximate surface area is 148 Å². The first kappa shape index (κ1) is 16.9. The first-order chi connectivity index (χ1) is 12.2. The molecule has 0 atom stereocenters. The third kappa shape index (κ3) is 5.30. The van der Waals surface area contributed by atoms with Crippen LogP contribution in [0.3, 0.4) is 0 Å². The molecule has 3 aromatic rings. The van der Waals surface area contributed by atoms with Crippen molar-refractivity contribution in [3.05, 3.63) is 90.5 Å². The number of para-hydroxylation sites is 1. The lowest BCUT2D eigenvalue weighted by atomic mass is 10.0. The fourth-order valence-corrected chi connectivity index (χ4v) is 2.27. The Morgan fingerprint density at radius 2 is 1.24 bits per heavy atom. The first-order valence-corrected chi connectivity index (χ1v) is 8.50. The number of anilines is 1. The Bertz CT molecular complexity index is 794. The lowest BCUT2D eigenvalue weighted by Crippen LogP contribution is -2.11. The number of nitrogens with two attached hydrogens (primary N) is 1. The van der Waals surface area contributed by atoms with Gasteiger partial charge in [-0.2, -0.15) is 0 Å². The van der Waals surface area contributed by atoms with Crippen molar-refractivity contribution in [1.29, 1.82) is 0 Å². The average Bonchev–Trinajstić information content (AvgIpc) is 3.46. The van der Waals surface area contributed by atoms with Gasteiger partial charge in [0.2, 0.25) is 0 Å². The van der Waals surface area contributed by atoms with E-state index < -0.39 is 0 Å². The van der Waals surface area contributed by atoms with E-state index in [0.29, 0.717) is 11.6 Å². The monoisotopic (exact) mass is 330 g/mol. The summed E-state index contributed by atoms with van der Waals surface area (Å²) >= 11 is 0. The normalized spacial score (nSPS) is 12.7. The molecule has 0 spiro atoms. The van der Waals surface area contributed by atoms with E-state index in [4.69, 9.17) is 5.73 Å². The second-order valence-electron chi connectivity index (χ2n) is 6.10. The zero-order valence-corrected chi connectivity index (χ0v) is 14.1. The quantitative estimate of drug-likeness (QED) is 0.730. The van der Waals surface area contributed by atoms with Gasteiger partial charge in [0.15, 0.2) is 0 Å². The van der Waals surface area contributed by atoms with Gasteiger partial charge in [-0.15, -0.1) is 0 Å². The van der Waals surface area contributed by atoms with E-state index in [-0.39, 0.29) is 5.91 Å². The first-order valence-electron chi connectivity index (χ1n) is 8.50. The van der Waals surface area contributed by atoms with Gasteiger partial charge in [0.25, 0.3) is 5.91 Å². The van der Waals surface area contributed by atoms with Crippen molar-refractivity contribution in [2.45, 2.75) is 18.9 Å². The van der Waals surface area contributed by atoms with Crippen molar-refractivity contribution in [3.8, 4) is 11.1 Å². The maximum absolute atomic E-state index is 12.2. The molecule has 3 N–H and O–H groups in total. The van der Waals surface area contributed by atoms with Gasteiger partial charge in [0.1, 0.15) is 0 Å². The minimum atomic E-state index is -0.0965. The van der Waals surface area contributed by atoms with Crippen LogP contribution in [0.1, 0.15) is 23.2 Å². The lowest BCUT2D eigenvalue weighted by Gasteiger charge is -2.06. The molecule has 4 rings (SSSR count). The largest absolute Gasteiger partial charge is 0.328 e. The molecule has 0 aromatic heterocycles. The zero-order chi connectivity index (χ0) is 17.5. The SMILES string of the molecule is NC1CC1.O=C(Nc1ccccc1)c1ccc(-c2ccccc2)cc1. The van der Waals surface area contributed by atoms with Crippen LogP contribution in [0.25, 0.3) is 11.1 Å². The summed E-state index contributed by atoms with van der Waals surface area (Å²) in [6, 6.07) is 27.8. The van der Waals surface area contributed by atoms with Crippen LogP contribution in [0.2, 0.25) is 0 Å². The predicted octanol–water partition coefficient (Wildman–Crippen LogP) is 4.71. The number of rotatable bonds is 3. The molecule has 0 heterocycles. The third-order valence-electron chi connectivity index (χ3n) is 3.91. The van der Waals surface area contributed by atoms with E-state index in [9.17, 15) is 4.79 Å². The minimum absolute atomic E-state index is 0.0965. The molecule has 3 nitrogen and oxygen atoms in total. The molecule has 1 saturated carbocycles. The van der Waals surface area contributed by atoms with Crippen molar-refractivity contribution in [2.24, 2.45) is 5.73 Å². The molecular weight excluding hydrogens is 308 g/mol. The molecule has 0 radical (unpaired) electrons. The fraction of sp³-hybridized carbons (Fsp3) is 0.136. The Balaban J connectivity index is 0.000000401. The van der Waals surface area contributed by atoms with Gasteiger partial charge in [0, 0.05) is 17.3 Å². The maximum atomic E-state index is 12.2. The summed E-state index contributed by atoms with van der Waals surface area (Å²) in [5.41, 5.74) is 8.92. The highest BCUT2D eigenvalue weighted by Gasteiger charge is 2.13. The number of benzene rings is 3. The predicted molar refractivity (Wildman–Crippen MR) is 103 cm³/mol. The molecule has 3 heteroatoms. The number of amides is 1. The van der Waals surface area contributed by atoms with Crippen LogP contribution in [0, 0.1) is 0 Å². The van der Waals surface area contributed by atoms with E-state index in [1.807, 2.05) is 72.8 Å². The van der Waals surface area contributed by atoms with E-state index in [0.717, 1.165) is 16.8 Å². The summed E-state index contributed by atoms with van der Waals surface area (Å²) in [5.74, 6) is -0.0965. The van der Waals surface area contributed by atoms with Gasteiger partial charge in [-0.05, 0) is 48.2 Å². The number of carbonyl (C=O) groups is 1. The van der Waals surface area contributed by atoms with Crippen LogP contribution < -0.4 is 11.1 Å². The van der Waals surface area contributed by atoms with Crippen LogP contribution in [-0.4, -0.2) is 11.9 Å². The average molecular weight is 330 g/mol. The van der Waals surface area contributed by atoms with Gasteiger partial charge in [-0.25, -0.2) is 0 Å². The van der Waals surface area contributed by atoms with Crippen molar-refractivity contribution < 1.29 is 4.79 Å². The summed E-state index contributed by atoms with van der Waals surface area (Å²) in [6.07, 6.45) is 2.53. The molecule has 25 heavy (non-hydrogen) atoms. The van der Waals surface area contributed by atoms with Gasteiger partial charge >= 0.3 is 0 Å². The molecule has 1 fully saturated rings.